The third-order valence-electron chi connectivity index (χ3n) is 6.55. The fourth-order valence-corrected chi connectivity index (χ4v) is 5.29. The van der Waals surface area contributed by atoms with Crippen molar-refractivity contribution in [3.63, 3.8) is 0 Å². The number of benzene rings is 3. The molecule has 200 valence electrons. The van der Waals surface area contributed by atoms with Gasteiger partial charge in [-0.2, -0.15) is 0 Å². The van der Waals surface area contributed by atoms with Gasteiger partial charge in [-0.15, -0.1) is 10.2 Å². The van der Waals surface area contributed by atoms with Crippen LogP contribution < -0.4 is 15.0 Å². The van der Waals surface area contributed by atoms with Crippen LogP contribution in [-0.2, 0) is 11.3 Å². The number of methoxy groups -OCH3 is 1. The number of amides is 2. The van der Waals surface area contributed by atoms with Gasteiger partial charge in [-0.1, -0.05) is 48.2 Å². The molecule has 2 amide bonds. The molecular formula is C29H30N6O3S. The molecule has 2 heterocycles. The molecule has 9 nitrogen and oxygen atoms in total. The predicted octanol–water partition coefficient (Wildman–Crippen LogP) is 3.65. The maximum Gasteiger partial charge on any atom is 0.251 e. The van der Waals surface area contributed by atoms with Crippen LogP contribution in [0.25, 0.3) is 5.69 Å². The van der Waals surface area contributed by atoms with E-state index in [4.69, 9.17) is 4.74 Å². The average Bonchev–Trinajstić information content (AvgIpc) is 3.42. The lowest BCUT2D eigenvalue weighted by Crippen LogP contribution is -2.49. The Morgan fingerprint density at radius 1 is 0.846 bits per heavy atom. The van der Waals surface area contributed by atoms with Gasteiger partial charge >= 0.3 is 0 Å². The normalized spacial score (nSPS) is 13.3. The zero-order chi connectivity index (χ0) is 27.0. The second-order valence-corrected chi connectivity index (χ2v) is 9.92. The minimum atomic E-state index is -0.223. The molecule has 1 fully saturated rings. The summed E-state index contributed by atoms with van der Waals surface area (Å²) in [6.07, 6.45) is 0. The van der Waals surface area contributed by atoms with Crippen LogP contribution >= 0.6 is 11.8 Å². The number of aromatic nitrogens is 3. The summed E-state index contributed by atoms with van der Waals surface area (Å²) in [5.41, 5.74) is 2.57. The Kier molecular flexibility index (Phi) is 8.42. The Morgan fingerprint density at radius 2 is 1.49 bits per heavy atom. The van der Waals surface area contributed by atoms with Gasteiger partial charge in [0.25, 0.3) is 5.91 Å². The lowest BCUT2D eigenvalue weighted by Gasteiger charge is -2.36. The fraction of sp³-hybridized carbons (Fsp3) is 0.241. The first-order chi connectivity index (χ1) is 19.1. The molecule has 0 radical (unpaired) electrons. The van der Waals surface area contributed by atoms with Gasteiger partial charge in [-0.05, 0) is 48.5 Å². The second-order valence-electron chi connectivity index (χ2n) is 8.97. The maximum absolute atomic E-state index is 13.1. The molecule has 3 aromatic carbocycles. The van der Waals surface area contributed by atoms with E-state index >= 15 is 0 Å². The number of thioether (sulfide) groups is 1. The SMILES string of the molecule is COc1ccc(C(=O)NCc2nnc(SCC(=O)N3CCN(c4ccccc4)CC3)n2-c2ccccc2)cc1. The Morgan fingerprint density at radius 3 is 2.13 bits per heavy atom. The molecule has 4 aromatic rings. The Balaban J connectivity index is 1.22. The van der Waals surface area contributed by atoms with E-state index in [-0.39, 0.29) is 24.1 Å². The molecule has 1 aliphatic rings. The Bertz CT molecular complexity index is 1390. The van der Waals surface area contributed by atoms with Crippen molar-refractivity contribution < 1.29 is 14.3 Å². The third-order valence-corrected chi connectivity index (χ3v) is 7.47. The average molecular weight is 543 g/mol. The first-order valence-corrected chi connectivity index (χ1v) is 13.7. The summed E-state index contributed by atoms with van der Waals surface area (Å²) in [6, 6.07) is 26.9. The Hall–Kier alpha value is -4.31. The van der Waals surface area contributed by atoms with Gasteiger partial charge < -0.3 is 19.9 Å². The number of ether oxygens (including phenoxy) is 1. The summed E-state index contributed by atoms with van der Waals surface area (Å²) in [7, 11) is 1.58. The van der Waals surface area contributed by atoms with E-state index in [9.17, 15) is 9.59 Å². The molecule has 0 saturated carbocycles. The van der Waals surface area contributed by atoms with Crippen molar-refractivity contribution in [3.8, 4) is 11.4 Å². The van der Waals surface area contributed by atoms with Crippen molar-refractivity contribution >= 4 is 29.3 Å². The number of nitrogens with zero attached hydrogens (tertiary/aromatic N) is 5. The highest BCUT2D eigenvalue weighted by atomic mass is 32.2. The van der Waals surface area contributed by atoms with Crippen LogP contribution in [0, 0.1) is 0 Å². The maximum atomic E-state index is 13.1. The predicted molar refractivity (Wildman–Crippen MR) is 151 cm³/mol. The molecule has 1 saturated heterocycles. The van der Waals surface area contributed by atoms with Crippen LogP contribution in [0.3, 0.4) is 0 Å². The van der Waals surface area contributed by atoms with E-state index in [0.29, 0.717) is 35.4 Å². The molecule has 1 N–H and O–H groups in total. The lowest BCUT2D eigenvalue weighted by atomic mass is 10.2. The summed E-state index contributed by atoms with van der Waals surface area (Å²) < 4.78 is 7.05. The van der Waals surface area contributed by atoms with E-state index < -0.39 is 0 Å². The van der Waals surface area contributed by atoms with Crippen molar-refractivity contribution in [2.45, 2.75) is 11.7 Å². The van der Waals surface area contributed by atoms with E-state index in [1.165, 1.54) is 17.4 Å². The lowest BCUT2D eigenvalue weighted by molar-refractivity contribution is -0.128. The number of piperazine rings is 1. The number of rotatable bonds is 9. The molecule has 0 atom stereocenters. The topological polar surface area (TPSA) is 92.6 Å². The monoisotopic (exact) mass is 542 g/mol. The summed E-state index contributed by atoms with van der Waals surface area (Å²) in [5.74, 6) is 1.37. The minimum Gasteiger partial charge on any atom is -0.497 e. The summed E-state index contributed by atoms with van der Waals surface area (Å²) >= 11 is 1.35. The number of para-hydroxylation sites is 2. The summed E-state index contributed by atoms with van der Waals surface area (Å²) in [4.78, 5) is 30.0. The first kappa shape index (κ1) is 26.3. The van der Waals surface area contributed by atoms with Crippen LogP contribution in [-0.4, -0.2) is 70.5 Å². The van der Waals surface area contributed by atoms with E-state index in [1.54, 1.807) is 31.4 Å². The van der Waals surface area contributed by atoms with Crippen LogP contribution in [0.2, 0.25) is 0 Å². The van der Waals surface area contributed by atoms with Gasteiger partial charge in [0.2, 0.25) is 5.91 Å². The van der Waals surface area contributed by atoms with Gasteiger partial charge in [0, 0.05) is 43.1 Å². The fourth-order valence-electron chi connectivity index (χ4n) is 4.42. The number of anilines is 1. The van der Waals surface area contributed by atoms with Crippen molar-refractivity contribution in [3.05, 3.63) is 96.3 Å². The standard InChI is InChI=1S/C29H30N6O3S/c1-38-25-14-12-22(13-15-25)28(37)30-20-26-31-32-29(35(26)24-10-6-3-7-11-24)39-21-27(36)34-18-16-33(17-19-34)23-8-4-2-5-9-23/h2-15H,16-21H2,1H3,(H,30,37). The van der Waals surface area contributed by atoms with Crippen LogP contribution in [0.15, 0.2) is 90.1 Å². The second kappa shape index (κ2) is 12.5. The molecule has 1 aliphatic heterocycles. The van der Waals surface area contributed by atoms with Crippen molar-refractivity contribution in [2.75, 3.05) is 43.9 Å². The number of nitrogens with one attached hydrogen (secondary N) is 1. The molecule has 5 rings (SSSR count). The van der Waals surface area contributed by atoms with Gasteiger partial charge in [0.05, 0.1) is 19.4 Å². The molecular weight excluding hydrogens is 512 g/mol. The molecule has 0 spiro atoms. The van der Waals surface area contributed by atoms with Crippen LogP contribution in [0.4, 0.5) is 5.69 Å². The smallest absolute Gasteiger partial charge is 0.251 e. The Labute approximate surface area is 231 Å². The highest BCUT2D eigenvalue weighted by Gasteiger charge is 2.23. The largest absolute Gasteiger partial charge is 0.497 e. The van der Waals surface area contributed by atoms with Crippen molar-refractivity contribution in [1.29, 1.82) is 0 Å². The van der Waals surface area contributed by atoms with Crippen molar-refractivity contribution in [2.24, 2.45) is 0 Å². The van der Waals surface area contributed by atoms with Gasteiger partial charge in [0.15, 0.2) is 11.0 Å². The van der Waals surface area contributed by atoms with Gasteiger partial charge in [-0.25, -0.2) is 0 Å². The number of carbonyl (C=O) groups is 2. The zero-order valence-electron chi connectivity index (χ0n) is 21.7. The summed E-state index contributed by atoms with van der Waals surface area (Å²) in [6.45, 7) is 3.16. The molecule has 1 aromatic heterocycles. The van der Waals surface area contributed by atoms with E-state index in [0.717, 1.165) is 18.8 Å². The minimum absolute atomic E-state index is 0.0738. The highest BCUT2D eigenvalue weighted by molar-refractivity contribution is 7.99. The van der Waals surface area contributed by atoms with Gasteiger partial charge in [0.1, 0.15) is 5.75 Å². The quantitative estimate of drug-likeness (QED) is 0.323. The molecule has 0 unspecified atom stereocenters. The van der Waals surface area contributed by atoms with Crippen LogP contribution in [0.5, 0.6) is 5.75 Å². The zero-order valence-corrected chi connectivity index (χ0v) is 22.5. The number of hydrogen-bond acceptors (Lipinski definition) is 7. The van der Waals surface area contributed by atoms with Crippen LogP contribution in [0.1, 0.15) is 16.2 Å². The van der Waals surface area contributed by atoms with E-state index in [2.05, 4.69) is 32.5 Å². The summed E-state index contributed by atoms with van der Waals surface area (Å²) in [5, 5.41) is 12.2. The third kappa shape index (κ3) is 6.40. The number of carbonyl (C=O) groups excluding carboxylic acids is 2. The highest BCUT2D eigenvalue weighted by Crippen LogP contribution is 2.23. The van der Waals surface area contributed by atoms with Crippen molar-refractivity contribution in [1.82, 2.24) is 25.0 Å². The molecule has 10 heteroatoms. The number of hydrogen-bond donors (Lipinski definition) is 1. The first-order valence-electron chi connectivity index (χ1n) is 12.7. The molecule has 0 bridgehead atoms. The van der Waals surface area contributed by atoms with Gasteiger partial charge in [-0.3, -0.25) is 14.2 Å². The molecule has 39 heavy (non-hydrogen) atoms. The van der Waals surface area contributed by atoms with E-state index in [1.807, 2.05) is 58.0 Å². The molecule has 0 aliphatic carbocycles.